The first kappa shape index (κ1) is 20.3. The third kappa shape index (κ3) is 12.7. The molecule has 3 N–H and O–H groups in total. The standard InChI is InChI=1S/C15H32N2O4/c1-5-6-7-20-8-9-21-11-14(18)10-16-13(4)15(19)17-12(2)3/h12-14,16,18H,5-11H2,1-4H3,(H,17,19). The first-order valence-electron chi connectivity index (χ1n) is 7.84. The van der Waals surface area contributed by atoms with Crippen LogP contribution in [0.4, 0.5) is 0 Å². The lowest BCUT2D eigenvalue weighted by Gasteiger charge is -2.18. The second-order valence-electron chi connectivity index (χ2n) is 5.49. The molecule has 6 heteroatoms. The molecule has 0 saturated heterocycles. The summed E-state index contributed by atoms with van der Waals surface area (Å²) in [5, 5.41) is 15.5. The molecule has 0 aromatic heterocycles. The number of rotatable bonds is 13. The van der Waals surface area contributed by atoms with Gasteiger partial charge in [-0.1, -0.05) is 13.3 Å². The molecule has 0 aromatic rings. The molecule has 0 saturated carbocycles. The van der Waals surface area contributed by atoms with Crippen LogP contribution in [0.2, 0.25) is 0 Å². The summed E-state index contributed by atoms with van der Waals surface area (Å²) in [7, 11) is 0. The predicted octanol–water partition coefficient (Wildman–Crippen LogP) is 0.683. The normalized spacial score (nSPS) is 14.2. The zero-order valence-electron chi connectivity index (χ0n) is 13.9. The molecule has 0 radical (unpaired) electrons. The van der Waals surface area contributed by atoms with Crippen LogP contribution in [0.25, 0.3) is 0 Å². The minimum Gasteiger partial charge on any atom is -0.389 e. The summed E-state index contributed by atoms with van der Waals surface area (Å²) < 4.78 is 10.7. The molecular weight excluding hydrogens is 272 g/mol. The monoisotopic (exact) mass is 304 g/mol. The number of ether oxygens (including phenoxy) is 2. The lowest BCUT2D eigenvalue weighted by atomic mass is 10.2. The van der Waals surface area contributed by atoms with Gasteiger partial charge < -0.3 is 25.2 Å². The third-order valence-corrected chi connectivity index (χ3v) is 2.81. The van der Waals surface area contributed by atoms with E-state index in [-0.39, 0.29) is 24.6 Å². The van der Waals surface area contributed by atoms with Gasteiger partial charge in [-0.2, -0.15) is 0 Å². The van der Waals surface area contributed by atoms with E-state index in [0.717, 1.165) is 19.4 Å². The second kappa shape index (κ2) is 13.0. The van der Waals surface area contributed by atoms with E-state index >= 15 is 0 Å². The Balaban J connectivity index is 3.53. The molecule has 0 spiro atoms. The van der Waals surface area contributed by atoms with E-state index in [4.69, 9.17) is 9.47 Å². The highest BCUT2D eigenvalue weighted by Crippen LogP contribution is 1.91. The summed E-state index contributed by atoms with van der Waals surface area (Å²) in [6.07, 6.45) is 1.55. The highest BCUT2D eigenvalue weighted by atomic mass is 16.5. The number of unbranched alkanes of at least 4 members (excludes halogenated alkanes) is 1. The van der Waals surface area contributed by atoms with Crippen LogP contribution in [0, 0.1) is 0 Å². The van der Waals surface area contributed by atoms with Gasteiger partial charge in [0, 0.05) is 19.2 Å². The second-order valence-corrected chi connectivity index (χ2v) is 5.49. The Bertz CT molecular complexity index is 262. The Hall–Kier alpha value is -0.690. The topological polar surface area (TPSA) is 79.8 Å². The first-order chi connectivity index (χ1) is 9.97. The Kier molecular flexibility index (Phi) is 12.6. The molecule has 21 heavy (non-hydrogen) atoms. The number of carbonyl (C=O) groups is 1. The molecule has 0 aromatic carbocycles. The van der Waals surface area contributed by atoms with Crippen LogP contribution in [0.1, 0.15) is 40.5 Å². The molecule has 0 bridgehead atoms. The van der Waals surface area contributed by atoms with Gasteiger partial charge in [0.1, 0.15) is 0 Å². The van der Waals surface area contributed by atoms with Gasteiger partial charge in [-0.05, 0) is 27.2 Å². The average molecular weight is 304 g/mol. The molecule has 0 aliphatic rings. The van der Waals surface area contributed by atoms with Crippen molar-refractivity contribution in [3.8, 4) is 0 Å². The average Bonchev–Trinajstić information content (AvgIpc) is 2.43. The van der Waals surface area contributed by atoms with Gasteiger partial charge in [0.25, 0.3) is 0 Å². The SMILES string of the molecule is CCCCOCCOCC(O)CNC(C)C(=O)NC(C)C. The van der Waals surface area contributed by atoms with E-state index in [0.29, 0.717) is 19.8 Å². The van der Waals surface area contributed by atoms with Gasteiger partial charge in [0.2, 0.25) is 5.91 Å². The van der Waals surface area contributed by atoms with Crippen molar-refractivity contribution in [1.82, 2.24) is 10.6 Å². The minimum atomic E-state index is -0.630. The number of amides is 1. The minimum absolute atomic E-state index is 0.0672. The fourth-order valence-corrected chi connectivity index (χ4v) is 1.56. The van der Waals surface area contributed by atoms with Crippen LogP contribution in [0.15, 0.2) is 0 Å². The van der Waals surface area contributed by atoms with Crippen LogP contribution in [-0.2, 0) is 14.3 Å². The van der Waals surface area contributed by atoms with Crippen molar-refractivity contribution < 1.29 is 19.4 Å². The number of carbonyl (C=O) groups excluding carboxylic acids is 1. The van der Waals surface area contributed by atoms with Gasteiger partial charge in [0.15, 0.2) is 0 Å². The van der Waals surface area contributed by atoms with Gasteiger partial charge in [0.05, 0.1) is 32.0 Å². The van der Waals surface area contributed by atoms with Crippen molar-refractivity contribution in [3.05, 3.63) is 0 Å². The molecule has 1 amide bonds. The quantitative estimate of drug-likeness (QED) is 0.436. The molecule has 0 fully saturated rings. The summed E-state index contributed by atoms with van der Waals surface area (Å²) in [4.78, 5) is 11.6. The summed E-state index contributed by atoms with van der Waals surface area (Å²) in [5.41, 5.74) is 0. The molecule has 0 rings (SSSR count). The van der Waals surface area contributed by atoms with Gasteiger partial charge in [-0.25, -0.2) is 0 Å². The van der Waals surface area contributed by atoms with Crippen LogP contribution in [-0.4, -0.2) is 62.2 Å². The van der Waals surface area contributed by atoms with Crippen molar-refractivity contribution in [3.63, 3.8) is 0 Å². The fourth-order valence-electron chi connectivity index (χ4n) is 1.56. The Labute approximate surface area is 128 Å². The van der Waals surface area contributed by atoms with Crippen molar-refractivity contribution in [1.29, 1.82) is 0 Å². The van der Waals surface area contributed by atoms with Gasteiger partial charge >= 0.3 is 0 Å². The maximum atomic E-state index is 11.6. The fraction of sp³-hybridized carbons (Fsp3) is 0.933. The predicted molar refractivity (Wildman–Crippen MR) is 83.3 cm³/mol. The highest BCUT2D eigenvalue weighted by molar-refractivity contribution is 5.81. The molecule has 126 valence electrons. The Morgan fingerprint density at radius 2 is 1.81 bits per heavy atom. The summed E-state index contributed by atoms with van der Waals surface area (Å²) in [6, 6.07) is -0.220. The van der Waals surface area contributed by atoms with E-state index in [1.165, 1.54) is 0 Å². The maximum Gasteiger partial charge on any atom is 0.237 e. The van der Waals surface area contributed by atoms with E-state index < -0.39 is 6.10 Å². The zero-order chi connectivity index (χ0) is 16.1. The number of nitrogens with one attached hydrogen (secondary N) is 2. The van der Waals surface area contributed by atoms with Gasteiger partial charge in [-0.3, -0.25) is 4.79 Å². The van der Waals surface area contributed by atoms with E-state index in [2.05, 4.69) is 17.6 Å². The summed E-state index contributed by atoms with van der Waals surface area (Å²) >= 11 is 0. The molecule has 0 aliphatic heterocycles. The maximum absolute atomic E-state index is 11.6. The smallest absolute Gasteiger partial charge is 0.237 e. The number of hydrogen-bond donors (Lipinski definition) is 3. The van der Waals surface area contributed by atoms with Crippen LogP contribution in [0.5, 0.6) is 0 Å². The van der Waals surface area contributed by atoms with E-state index in [9.17, 15) is 9.90 Å². The van der Waals surface area contributed by atoms with Crippen molar-refractivity contribution in [2.45, 2.75) is 58.7 Å². The van der Waals surface area contributed by atoms with Crippen LogP contribution >= 0.6 is 0 Å². The Morgan fingerprint density at radius 1 is 1.14 bits per heavy atom. The molecule has 2 unspecified atom stereocenters. The van der Waals surface area contributed by atoms with Crippen LogP contribution < -0.4 is 10.6 Å². The number of hydrogen-bond acceptors (Lipinski definition) is 5. The van der Waals surface area contributed by atoms with Gasteiger partial charge in [-0.15, -0.1) is 0 Å². The molecule has 0 heterocycles. The molecule has 6 nitrogen and oxygen atoms in total. The van der Waals surface area contributed by atoms with E-state index in [1.807, 2.05) is 13.8 Å². The number of aliphatic hydroxyl groups is 1. The summed E-state index contributed by atoms with van der Waals surface area (Å²) in [5.74, 6) is -0.0672. The van der Waals surface area contributed by atoms with Crippen molar-refractivity contribution in [2.75, 3.05) is 33.0 Å². The highest BCUT2D eigenvalue weighted by Gasteiger charge is 2.14. The molecule has 0 aliphatic carbocycles. The number of aliphatic hydroxyl groups excluding tert-OH is 1. The van der Waals surface area contributed by atoms with Crippen molar-refractivity contribution in [2.24, 2.45) is 0 Å². The Morgan fingerprint density at radius 3 is 2.43 bits per heavy atom. The summed E-state index contributed by atoms with van der Waals surface area (Å²) in [6.45, 7) is 10.1. The van der Waals surface area contributed by atoms with Crippen molar-refractivity contribution >= 4 is 5.91 Å². The van der Waals surface area contributed by atoms with Crippen LogP contribution in [0.3, 0.4) is 0 Å². The van der Waals surface area contributed by atoms with E-state index in [1.54, 1.807) is 6.92 Å². The third-order valence-electron chi connectivity index (χ3n) is 2.81. The first-order valence-corrected chi connectivity index (χ1v) is 7.84. The molecular formula is C15H32N2O4. The zero-order valence-corrected chi connectivity index (χ0v) is 13.9. The largest absolute Gasteiger partial charge is 0.389 e. The molecule has 2 atom stereocenters. The lowest BCUT2D eigenvalue weighted by molar-refractivity contribution is -0.123. The lowest BCUT2D eigenvalue weighted by Crippen LogP contribution is -2.47.